The maximum Gasteiger partial charge on any atom is 0.410 e. The van der Waals surface area contributed by atoms with E-state index in [1.165, 1.54) is 0 Å². The number of ether oxygens (including phenoxy) is 1. The van der Waals surface area contributed by atoms with Crippen molar-refractivity contribution in [3.63, 3.8) is 0 Å². The zero-order valence-electron chi connectivity index (χ0n) is 15.1. The summed E-state index contributed by atoms with van der Waals surface area (Å²) in [5.41, 5.74) is 0.558. The Morgan fingerprint density at radius 3 is 2.32 bits per heavy atom. The monoisotopic (exact) mass is 343 g/mol. The van der Waals surface area contributed by atoms with Crippen molar-refractivity contribution in [1.29, 1.82) is 0 Å². The second kappa shape index (κ2) is 6.78. The van der Waals surface area contributed by atoms with Crippen LogP contribution in [0.25, 0.3) is 10.9 Å². The van der Waals surface area contributed by atoms with Crippen molar-refractivity contribution >= 4 is 22.9 Å². The number of aromatic nitrogens is 1. The van der Waals surface area contributed by atoms with Gasteiger partial charge in [0.05, 0.1) is 0 Å². The van der Waals surface area contributed by atoms with Gasteiger partial charge in [-0.3, -0.25) is 4.79 Å². The van der Waals surface area contributed by atoms with Crippen LogP contribution in [-0.2, 0) is 16.1 Å². The number of piperazine rings is 1. The molecular formula is C19H25N3O3. The molecule has 0 atom stereocenters. The number of carbonyl (C=O) groups excluding carboxylic acids is 2. The lowest BCUT2D eigenvalue weighted by Crippen LogP contribution is -2.52. The quantitative estimate of drug-likeness (QED) is 0.842. The van der Waals surface area contributed by atoms with Crippen LogP contribution in [0.15, 0.2) is 36.5 Å². The van der Waals surface area contributed by atoms with Crippen LogP contribution in [0.2, 0.25) is 0 Å². The molecule has 0 aliphatic carbocycles. The molecule has 6 heteroatoms. The number of fused-ring (bicyclic) bond motifs is 1. The first-order chi connectivity index (χ1) is 11.8. The van der Waals surface area contributed by atoms with Gasteiger partial charge in [-0.1, -0.05) is 18.2 Å². The van der Waals surface area contributed by atoms with Gasteiger partial charge in [-0.15, -0.1) is 0 Å². The van der Waals surface area contributed by atoms with E-state index in [1.54, 1.807) is 4.90 Å². The highest BCUT2D eigenvalue weighted by Crippen LogP contribution is 2.16. The summed E-state index contributed by atoms with van der Waals surface area (Å²) in [7, 11) is 0. The molecule has 0 radical (unpaired) electrons. The van der Waals surface area contributed by atoms with Crippen molar-refractivity contribution in [1.82, 2.24) is 14.4 Å². The molecule has 134 valence electrons. The molecule has 25 heavy (non-hydrogen) atoms. The number of para-hydroxylation sites is 1. The fraction of sp³-hybridized carbons (Fsp3) is 0.474. The van der Waals surface area contributed by atoms with E-state index in [4.69, 9.17) is 4.74 Å². The number of nitrogens with zero attached hydrogens (tertiary/aromatic N) is 3. The van der Waals surface area contributed by atoms with E-state index >= 15 is 0 Å². The highest BCUT2D eigenvalue weighted by atomic mass is 16.6. The van der Waals surface area contributed by atoms with Gasteiger partial charge < -0.3 is 19.1 Å². The van der Waals surface area contributed by atoms with Gasteiger partial charge in [0.25, 0.3) is 0 Å². The van der Waals surface area contributed by atoms with Gasteiger partial charge in [-0.25, -0.2) is 4.79 Å². The third kappa shape index (κ3) is 4.13. The maximum atomic E-state index is 12.6. The van der Waals surface area contributed by atoms with Crippen molar-refractivity contribution in [2.75, 3.05) is 26.2 Å². The van der Waals surface area contributed by atoms with Gasteiger partial charge in [0.1, 0.15) is 12.1 Å². The van der Waals surface area contributed by atoms with Crippen LogP contribution >= 0.6 is 0 Å². The minimum atomic E-state index is -0.500. The summed E-state index contributed by atoms with van der Waals surface area (Å²) in [6.07, 6.45) is 1.63. The summed E-state index contributed by atoms with van der Waals surface area (Å²) in [6, 6.07) is 10.0. The molecule has 2 aromatic rings. The van der Waals surface area contributed by atoms with E-state index in [-0.39, 0.29) is 12.0 Å². The Kier molecular flexibility index (Phi) is 4.70. The minimum absolute atomic E-state index is 0.0743. The Bertz CT molecular complexity index is 768. The van der Waals surface area contributed by atoms with E-state index in [0.717, 1.165) is 10.9 Å². The molecule has 2 heterocycles. The van der Waals surface area contributed by atoms with Gasteiger partial charge in [0, 0.05) is 37.9 Å². The Morgan fingerprint density at radius 1 is 1.00 bits per heavy atom. The summed E-state index contributed by atoms with van der Waals surface area (Å²) in [4.78, 5) is 28.2. The first kappa shape index (κ1) is 17.3. The van der Waals surface area contributed by atoms with Gasteiger partial charge in [0.2, 0.25) is 5.91 Å². The number of carbonyl (C=O) groups is 2. The van der Waals surface area contributed by atoms with E-state index in [0.29, 0.717) is 32.7 Å². The van der Waals surface area contributed by atoms with Crippen molar-refractivity contribution in [3.05, 3.63) is 36.5 Å². The van der Waals surface area contributed by atoms with Crippen LogP contribution in [0, 0.1) is 0 Å². The predicted octanol–water partition coefficient (Wildman–Crippen LogP) is 2.72. The molecule has 2 amide bonds. The Balaban J connectivity index is 1.56. The van der Waals surface area contributed by atoms with Crippen molar-refractivity contribution in [2.24, 2.45) is 0 Å². The molecule has 1 aromatic heterocycles. The third-order valence-corrected chi connectivity index (χ3v) is 4.27. The van der Waals surface area contributed by atoms with E-state index in [1.807, 2.05) is 66.8 Å². The Morgan fingerprint density at radius 2 is 1.64 bits per heavy atom. The topological polar surface area (TPSA) is 54.8 Å². The normalized spacial score (nSPS) is 15.5. The van der Waals surface area contributed by atoms with Gasteiger partial charge in [-0.2, -0.15) is 0 Å². The van der Waals surface area contributed by atoms with Crippen LogP contribution in [0.3, 0.4) is 0 Å². The Hall–Kier alpha value is -2.50. The number of hydrogen-bond donors (Lipinski definition) is 0. The fourth-order valence-corrected chi connectivity index (χ4v) is 2.99. The summed E-state index contributed by atoms with van der Waals surface area (Å²) < 4.78 is 7.36. The predicted molar refractivity (Wildman–Crippen MR) is 96.3 cm³/mol. The molecule has 0 unspecified atom stereocenters. The molecule has 1 aromatic carbocycles. The highest BCUT2D eigenvalue weighted by molar-refractivity contribution is 5.83. The molecule has 3 rings (SSSR count). The summed E-state index contributed by atoms with van der Waals surface area (Å²) in [6.45, 7) is 7.97. The number of hydrogen-bond acceptors (Lipinski definition) is 3. The first-order valence-corrected chi connectivity index (χ1v) is 8.63. The second-order valence-corrected chi connectivity index (χ2v) is 7.35. The van der Waals surface area contributed by atoms with Crippen LogP contribution in [0.1, 0.15) is 20.8 Å². The van der Waals surface area contributed by atoms with Gasteiger partial charge >= 0.3 is 6.09 Å². The molecule has 1 aliphatic heterocycles. The molecule has 1 aliphatic rings. The lowest BCUT2D eigenvalue weighted by Gasteiger charge is -2.35. The lowest BCUT2D eigenvalue weighted by atomic mass is 10.2. The average molecular weight is 343 g/mol. The molecule has 6 nitrogen and oxygen atoms in total. The molecule has 1 fully saturated rings. The SMILES string of the molecule is CC(C)(C)OC(=O)N1CCN(C(=O)Cn2ccc3ccccc32)CC1. The summed E-state index contributed by atoms with van der Waals surface area (Å²) in [5.74, 6) is 0.0743. The van der Waals surface area contributed by atoms with Gasteiger partial charge in [-0.05, 0) is 38.3 Å². The zero-order valence-corrected chi connectivity index (χ0v) is 15.1. The van der Waals surface area contributed by atoms with Crippen LogP contribution < -0.4 is 0 Å². The van der Waals surface area contributed by atoms with Gasteiger partial charge in [0.15, 0.2) is 0 Å². The number of amides is 2. The largest absolute Gasteiger partial charge is 0.444 e. The summed E-state index contributed by atoms with van der Waals surface area (Å²) in [5, 5.41) is 1.13. The van der Waals surface area contributed by atoms with Crippen LogP contribution in [-0.4, -0.2) is 58.1 Å². The first-order valence-electron chi connectivity index (χ1n) is 8.63. The molecule has 0 spiro atoms. The number of benzene rings is 1. The smallest absolute Gasteiger partial charge is 0.410 e. The molecule has 0 bridgehead atoms. The Labute approximate surface area is 147 Å². The summed E-state index contributed by atoms with van der Waals surface area (Å²) >= 11 is 0. The number of rotatable bonds is 2. The van der Waals surface area contributed by atoms with Crippen LogP contribution in [0.5, 0.6) is 0 Å². The highest BCUT2D eigenvalue weighted by Gasteiger charge is 2.27. The van der Waals surface area contributed by atoms with Crippen molar-refractivity contribution in [3.8, 4) is 0 Å². The van der Waals surface area contributed by atoms with E-state index in [2.05, 4.69) is 0 Å². The van der Waals surface area contributed by atoms with Crippen molar-refractivity contribution in [2.45, 2.75) is 32.9 Å². The van der Waals surface area contributed by atoms with E-state index < -0.39 is 5.60 Å². The average Bonchev–Trinajstić information content (AvgIpc) is 2.96. The lowest BCUT2D eigenvalue weighted by molar-refractivity contribution is -0.133. The zero-order chi connectivity index (χ0) is 18.0. The van der Waals surface area contributed by atoms with Crippen LogP contribution in [0.4, 0.5) is 4.79 Å². The van der Waals surface area contributed by atoms with E-state index in [9.17, 15) is 9.59 Å². The minimum Gasteiger partial charge on any atom is -0.444 e. The fourth-order valence-electron chi connectivity index (χ4n) is 2.99. The molecular weight excluding hydrogens is 318 g/mol. The third-order valence-electron chi connectivity index (χ3n) is 4.27. The molecule has 0 saturated carbocycles. The van der Waals surface area contributed by atoms with Crippen molar-refractivity contribution < 1.29 is 14.3 Å². The standard InChI is InChI=1S/C19H25N3O3/c1-19(2,3)25-18(24)21-12-10-20(11-13-21)17(23)14-22-9-8-15-6-4-5-7-16(15)22/h4-9H,10-14H2,1-3H3. The molecule has 0 N–H and O–H groups in total. The second-order valence-electron chi connectivity index (χ2n) is 7.35. The molecule has 1 saturated heterocycles. The maximum absolute atomic E-state index is 12.6.